The summed E-state index contributed by atoms with van der Waals surface area (Å²) < 4.78 is 3.51. The predicted molar refractivity (Wildman–Crippen MR) is 107 cm³/mol. The molecule has 0 unspecified atom stereocenters. The number of carbonyl (C=O) groups is 1. The average Bonchev–Trinajstić information content (AvgIpc) is 3.11. The molecule has 0 aliphatic carbocycles. The van der Waals surface area contributed by atoms with Gasteiger partial charge in [-0.1, -0.05) is 29.8 Å². The van der Waals surface area contributed by atoms with E-state index in [0.717, 1.165) is 15.6 Å². The third-order valence-electron chi connectivity index (χ3n) is 4.22. The largest absolute Gasteiger partial charge is 0.308 e. The molecule has 0 spiro atoms. The molecule has 0 aliphatic rings. The first-order valence-corrected chi connectivity index (χ1v) is 9.39. The molecule has 0 saturated heterocycles. The molecule has 0 aliphatic heterocycles. The Morgan fingerprint density at radius 3 is 2.79 bits per heavy atom. The molecule has 0 bridgehead atoms. The topological polar surface area (TPSA) is 107 Å². The van der Waals surface area contributed by atoms with Gasteiger partial charge in [-0.05, 0) is 36.2 Å². The van der Waals surface area contributed by atoms with Crippen molar-refractivity contribution in [1.82, 2.24) is 29.6 Å². The maximum Gasteiger partial charge on any atom is 0.275 e. The zero-order chi connectivity index (χ0) is 19.8. The molecule has 0 radical (unpaired) electrons. The van der Waals surface area contributed by atoms with Crippen molar-refractivity contribution in [1.29, 1.82) is 0 Å². The third kappa shape index (κ3) is 3.38. The van der Waals surface area contributed by atoms with Crippen molar-refractivity contribution < 1.29 is 4.79 Å². The van der Waals surface area contributed by atoms with Gasteiger partial charge in [0.1, 0.15) is 12.9 Å². The molecular formula is C18H16BrN7O2. The van der Waals surface area contributed by atoms with E-state index >= 15 is 0 Å². The van der Waals surface area contributed by atoms with Crippen LogP contribution in [0.4, 0.5) is 5.82 Å². The van der Waals surface area contributed by atoms with Gasteiger partial charge in [-0.15, -0.1) is 15.3 Å². The minimum atomic E-state index is -0.402. The van der Waals surface area contributed by atoms with E-state index in [1.54, 1.807) is 24.3 Å². The Hall–Kier alpha value is -3.14. The lowest BCUT2D eigenvalue weighted by molar-refractivity contribution is -0.117. The fourth-order valence-corrected chi connectivity index (χ4v) is 3.29. The van der Waals surface area contributed by atoms with E-state index in [4.69, 9.17) is 0 Å². The molecule has 0 atom stereocenters. The number of amides is 1. The molecule has 0 saturated carbocycles. The van der Waals surface area contributed by atoms with Crippen LogP contribution in [0.25, 0.3) is 16.4 Å². The van der Waals surface area contributed by atoms with E-state index in [1.165, 1.54) is 15.5 Å². The van der Waals surface area contributed by atoms with Crippen LogP contribution < -0.4 is 10.9 Å². The first-order chi connectivity index (χ1) is 13.4. The first kappa shape index (κ1) is 18.2. The Bertz CT molecular complexity index is 1260. The average molecular weight is 442 g/mol. The molecule has 4 aromatic rings. The van der Waals surface area contributed by atoms with Crippen molar-refractivity contribution >= 4 is 44.1 Å². The number of nitrogens with one attached hydrogen (secondary N) is 1. The zero-order valence-corrected chi connectivity index (χ0v) is 16.7. The molecule has 142 valence electrons. The van der Waals surface area contributed by atoms with Crippen LogP contribution in [0.2, 0.25) is 0 Å². The molecule has 10 heteroatoms. The highest BCUT2D eigenvalue weighted by Crippen LogP contribution is 2.24. The lowest BCUT2D eigenvalue weighted by atomic mass is 10.0. The smallest absolute Gasteiger partial charge is 0.275 e. The number of hydrogen-bond acceptors (Lipinski definition) is 6. The van der Waals surface area contributed by atoms with Gasteiger partial charge in [-0.2, -0.15) is 9.61 Å². The van der Waals surface area contributed by atoms with E-state index in [-0.39, 0.29) is 18.0 Å². The fraction of sp³-hybridized carbons (Fsp3) is 0.222. The van der Waals surface area contributed by atoms with Gasteiger partial charge in [-0.3, -0.25) is 9.59 Å². The van der Waals surface area contributed by atoms with Crippen LogP contribution in [0.15, 0.2) is 45.9 Å². The number of hydrogen-bond donors (Lipinski definition) is 1. The normalized spacial score (nSPS) is 11.4. The molecule has 0 fully saturated rings. The molecular weight excluding hydrogens is 426 g/mol. The van der Waals surface area contributed by atoms with E-state index in [2.05, 4.69) is 41.6 Å². The van der Waals surface area contributed by atoms with Crippen molar-refractivity contribution in [3.63, 3.8) is 0 Å². The Morgan fingerprint density at radius 2 is 2.00 bits per heavy atom. The van der Waals surface area contributed by atoms with Crippen LogP contribution in [0.5, 0.6) is 0 Å². The van der Waals surface area contributed by atoms with Gasteiger partial charge in [0.05, 0.1) is 11.1 Å². The Kier molecular flexibility index (Phi) is 4.63. The number of nitrogens with zero attached hydrogens (tertiary/aromatic N) is 6. The Morgan fingerprint density at radius 1 is 1.18 bits per heavy atom. The summed E-state index contributed by atoms with van der Waals surface area (Å²) in [6.07, 6.45) is 1.44. The van der Waals surface area contributed by atoms with Crippen LogP contribution in [0.1, 0.15) is 25.5 Å². The number of fused-ring (bicyclic) bond motifs is 2. The number of aromatic nitrogens is 6. The van der Waals surface area contributed by atoms with Gasteiger partial charge in [0.15, 0.2) is 11.5 Å². The standard InChI is InChI=1S/C18H16BrN7O2/c1-10(2)17-13-7-11(19)3-4-12(13)18(28)25(24-17)8-16(27)21-14-5-6-15-22-20-9-26(15)23-14/h3-7,9-10H,8H2,1-2H3,(H,21,23,27). The summed E-state index contributed by atoms with van der Waals surface area (Å²) in [5.41, 5.74) is 1.01. The molecule has 3 aromatic heterocycles. The summed E-state index contributed by atoms with van der Waals surface area (Å²) in [5.74, 6) is 0.0179. The fourth-order valence-electron chi connectivity index (χ4n) is 2.93. The first-order valence-electron chi connectivity index (χ1n) is 8.59. The quantitative estimate of drug-likeness (QED) is 0.520. The van der Waals surface area contributed by atoms with Gasteiger partial charge < -0.3 is 5.32 Å². The van der Waals surface area contributed by atoms with Crippen LogP contribution in [0.3, 0.4) is 0 Å². The summed E-state index contributed by atoms with van der Waals surface area (Å²) in [5, 5.41) is 20.2. The Labute approximate surface area is 167 Å². The van der Waals surface area contributed by atoms with Crippen molar-refractivity contribution in [2.24, 2.45) is 0 Å². The van der Waals surface area contributed by atoms with E-state index in [9.17, 15) is 9.59 Å². The lowest BCUT2D eigenvalue weighted by Gasteiger charge is -2.13. The number of benzene rings is 1. The van der Waals surface area contributed by atoms with Crippen LogP contribution in [-0.4, -0.2) is 35.5 Å². The maximum absolute atomic E-state index is 12.8. The van der Waals surface area contributed by atoms with Gasteiger partial charge in [-0.25, -0.2) is 4.68 Å². The summed E-state index contributed by atoms with van der Waals surface area (Å²) in [4.78, 5) is 25.3. The van der Waals surface area contributed by atoms with E-state index in [1.807, 2.05) is 19.9 Å². The van der Waals surface area contributed by atoms with Crippen molar-refractivity contribution in [2.75, 3.05) is 5.32 Å². The molecule has 1 N–H and O–H groups in total. The molecule has 1 aromatic carbocycles. The predicted octanol–water partition coefficient (Wildman–Crippen LogP) is 2.36. The van der Waals surface area contributed by atoms with Crippen molar-refractivity contribution in [2.45, 2.75) is 26.3 Å². The number of rotatable bonds is 4. The highest BCUT2D eigenvalue weighted by Gasteiger charge is 2.16. The molecule has 28 heavy (non-hydrogen) atoms. The Balaban J connectivity index is 1.66. The van der Waals surface area contributed by atoms with E-state index < -0.39 is 5.91 Å². The maximum atomic E-state index is 12.8. The monoisotopic (exact) mass is 441 g/mol. The minimum Gasteiger partial charge on any atom is -0.308 e. The number of carbonyl (C=O) groups excluding carboxylic acids is 1. The van der Waals surface area contributed by atoms with Gasteiger partial charge >= 0.3 is 0 Å². The SMILES string of the molecule is CC(C)c1nn(CC(=O)Nc2ccc3nncn3n2)c(=O)c2ccc(Br)cc12. The van der Waals surface area contributed by atoms with Gasteiger partial charge in [0, 0.05) is 9.86 Å². The molecule has 1 amide bonds. The lowest BCUT2D eigenvalue weighted by Crippen LogP contribution is -2.31. The van der Waals surface area contributed by atoms with Gasteiger partial charge in [0.2, 0.25) is 5.91 Å². The zero-order valence-electron chi connectivity index (χ0n) is 15.1. The number of halogens is 1. The molecule has 9 nitrogen and oxygen atoms in total. The summed E-state index contributed by atoms with van der Waals surface area (Å²) in [6, 6.07) is 8.73. The second kappa shape index (κ2) is 7.12. The second-order valence-corrected chi connectivity index (χ2v) is 7.51. The van der Waals surface area contributed by atoms with E-state index in [0.29, 0.717) is 16.9 Å². The van der Waals surface area contributed by atoms with Crippen molar-refractivity contribution in [3.05, 3.63) is 57.2 Å². The third-order valence-corrected chi connectivity index (χ3v) is 4.71. The van der Waals surface area contributed by atoms with Crippen LogP contribution >= 0.6 is 15.9 Å². The second-order valence-electron chi connectivity index (χ2n) is 6.59. The van der Waals surface area contributed by atoms with Crippen molar-refractivity contribution in [3.8, 4) is 0 Å². The van der Waals surface area contributed by atoms with Crippen LogP contribution in [-0.2, 0) is 11.3 Å². The number of anilines is 1. The van der Waals surface area contributed by atoms with Gasteiger partial charge in [0.25, 0.3) is 5.56 Å². The minimum absolute atomic E-state index is 0.0875. The molecule has 4 rings (SSSR count). The summed E-state index contributed by atoms with van der Waals surface area (Å²) >= 11 is 3.43. The molecule has 3 heterocycles. The summed E-state index contributed by atoms with van der Waals surface area (Å²) in [6.45, 7) is 3.78. The van der Waals surface area contributed by atoms with Crippen LogP contribution in [0, 0.1) is 0 Å². The highest BCUT2D eigenvalue weighted by atomic mass is 79.9. The summed E-state index contributed by atoms with van der Waals surface area (Å²) in [7, 11) is 0. The highest BCUT2D eigenvalue weighted by molar-refractivity contribution is 9.10.